The Morgan fingerprint density at radius 1 is 0.935 bits per heavy atom. The molecule has 0 radical (unpaired) electrons. The van der Waals surface area contributed by atoms with E-state index >= 15 is 0 Å². The molecule has 158 valence electrons. The fourth-order valence-electron chi connectivity index (χ4n) is 5.60. The standard InChI is InChI=1S/C24H22N2O5/c1-24(2,3)23(29)26-18-13-9-10-14-20(31-11-30-14)15(13)19(26)17-16(18)21(27)25(22(17)28)12-7-5-4-6-8-12/h4-10,16-19H,11H2,1-3H3/t16-,17-,18-,19-/m0/s1. The molecule has 2 saturated heterocycles. The zero-order valence-electron chi connectivity index (χ0n) is 17.5. The Bertz CT molecular complexity index is 1150. The molecule has 2 bridgehead atoms. The summed E-state index contributed by atoms with van der Waals surface area (Å²) in [5.41, 5.74) is 1.61. The second-order valence-electron chi connectivity index (χ2n) is 9.55. The first-order chi connectivity index (χ1) is 14.8. The van der Waals surface area contributed by atoms with Gasteiger partial charge in [-0.3, -0.25) is 14.4 Å². The molecule has 7 nitrogen and oxygen atoms in total. The van der Waals surface area contributed by atoms with Crippen molar-refractivity contribution in [1.82, 2.24) is 4.90 Å². The Labute approximate surface area is 179 Å². The van der Waals surface area contributed by atoms with Crippen LogP contribution in [0, 0.1) is 17.3 Å². The minimum absolute atomic E-state index is 0.0763. The lowest BCUT2D eigenvalue weighted by Gasteiger charge is -2.32. The van der Waals surface area contributed by atoms with Crippen molar-refractivity contribution >= 4 is 23.4 Å². The molecule has 7 heteroatoms. The van der Waals surface area contributed by atoms with Crippen molar-refractivity contribution in [2.75, 3.05) is 11.7 Å². The lowest BCUT2D eigenvalue weighted by Crippen LogP contribution is -2.42. The van der Waals surface area contributed by atoms with Gasteiger partial charge < -0.3 is 14.4 Å². The Kier molecular flexibility index (Phi) is 3.49. The van der Waals surface area contributed by atoms with Crippen molar-refractivity contribution in [2.24, 2.45) is 17.3 Å². The van der Waals surface area contributed by atoms with Crippen LogP contribution in [0.4, 0.5) is 5.69 Å². The summed E-state index contributed by atoms with van der Waals surface area (Å²) in [6, 6.07) is 11.7. The van der Waals surface area contributed by atoms with Gasteiger partial charge in [-0.1, -0.05) is 45.0 Å². The van der Waals surface area contributed by atoms with E-state index in [1.165, 1.54) is 4.90 Å². The number of fused-ring (bicyclic) bond motifs is 10. The number of carbonyl (C=O) groups excluding carboxylic acids is 3. The lowest BCUT2D eigenvalue weighted by atomic mass is 9.77. The highest BCUT2D eigenvalue weighted by Crippen LogP contribution is 2.66. The third-order valence-corrected chi connectivity index (χ3v) is 6.79. The number of rotatable bonds is 1. The number of para-hydroxylation sites is 1. The summed E-state index contributed by atoms with van der Waals surface area (Å²) < 4.78 is 11.3. The van der Waals surface area contributed by atoms with Crippen LogP contribution in [0.1, 0.15) is 44.0 Å². The van der Waals surface area contributed by atoms with E-state index in [1.807, 2.05) is 39.0 Å². The first-order valence-electron chi connectivity index (χ1n) is 10.5. The third kappa shape index (κ3) is 2.21. The molecule has 31 heavy (non-hydrogen) atoms. The van der Waals surface area contributed by atoms with Crippen molar-refractivity contribution in [3.63, 3.8) is 0 Å². The number of carbonyl (C=O) groups is 3. The Hall–Kier alpha value is -3.35. The van der Waals surface area contributed by atoms with E-state index in [9.17, 15) is 14.4 Å². The molecule has 0 N–H and O–H groups in total. The largest absolute Gasteiger partial charge is 0.454 e. The van der Waals surface area contributed by atoms with Crippen LogP contribution in [0.15, 0.2) is 42.5 Å². The van der Waals surface area contributed by atoms with Gasteiger partial charge in [0.25, 0.3) is 0 Å². The summed E-state index contributed by atoms with van der Waals surface area (Å²) in [6.45, 7) is 5.68. The van der Waals surface area contributed by atoms with E-state index in [2.05, 4.69) is 0 Å². The van der Waals surface area contributed by atoms with Crippen molar-refractivity contribution < 1.29 is 23.9 Å². The van der Waals surface area contributed by atoms with Gasteiger partial charge in [0.05, 0.1) is 29.6 Å². The highest BCUT2D eigenvalue weighted by atomic mass is 16.7. The fourth-order valence-corrected chi connectivity index (χ4v) is 5.60. The summed E-state index contributed by atoms with van der Waals surface area (Å²) in [5.74, 6) is -0.612. The normalized spacial score (nSPS) is 27.7. The van der Waals surface area contributed by atoms with E-state index in [4.69, 9.17) is 9.47 Å². The fraction of sp³-hybridized carbons (Fsp3) is 0.375. The lowest BCUT2D eigenvalue weighted by molar-refractivity contribution is -0.143. The van der Waals surface area contributed by atoms with Gasteiger partial charge in [0.15, 0.2) is 11.5 Å². The van der Waals surface area contributed by atoms with E-state index in [1.54, 1.807) is 29.2 Å². The van der Waals surface area contributed by atoms with Gasteiger partial charge in [-0.05, 0) is 23.8 Å². The van der Waals surface area contributed by atoms with Gasteiger partial charge in [0, 0.05) is 11.0 Å². The molecule has 0 unspecified atom stereocenters. The molecule has 4 aliphatic heterocycles. The molecule has 0 saturated carbocycles. The number of amides is 3. The predicted molar refractivity (Wildman–Crippen MR) is 110 cm³/mol. The van der Waals surface area contributed by atoms with Gasteiger partial charge in [-0.2, -0.15) is 0 Å². The maximum Gasteiger partial charge on any atom is 0.240 e. The van der Waals surface area contributed by atoms with Crippen LogP contribution in [-0.4, -0.2) is 29.4 Å². The predicted octanol–water partition coefficient (Wildman–Crippen LogP) is 3.21. The molecular formula is C24H22N2O5. The molecule has 4 atom stereocenters. The Morgan fingerprint density at radius 2 is 1.61 bits per heavy atom. The van der Waals surface area contributed by atoms with E-state index in [0.29, 0.717) is 17.2 Å². The van der Waals surface area contributed by atoms with Crippen LogP contribution < -0.4 is 14.4 Å². The molecule has 2 aromatic carbocycles. The number of nitrogens with zero attached hydrogens (tertiary/aromatic N) is 2. The second kappa shape index (κ2) is 5.87. The maximum atomic E-state index is 13.6. The number of hydrogen-bond acceptors (Lipinski definition) is 5. The summed E-state index contributed by atoms with van der Waals surface area (Å²) >= 11 is 0. The van der Waals surface area contributed by atoms with Gasteiger partial charge in [0.2, 0.25) is 24.5 Å². The summed E-state index contributed by atoms with van der Waals surface area (Å²) in [5, 5.41) is 0. The average molecular weight is 418 g/mol. The zero-order chi connectivity index (χ0) is 21.7. The van der Waals surface area contributed by atoms with E-state index in [-0.39, 0.29) is 24.5 Å². The first kappa shape index (κ1) is 18.4. The van der Waals surface area contributed by atoms with Crippen LogP contribution in [-0.2, 0) is 14.4 Å². The number of imide groups is 1. The summed E-state index contributed by atoms with van der Waals surface area (Å²) in [6.07, 6.45) is 0. The highest BCUT2D eigenvalue weighted by Gasteiger charge is 2.69. The number of hydrogen-bond donors (Lipinski definition) is 0. The molecule has 2 fully saturated rings. The zero-order valence-corrected chi connectivity index (χ0v) is 17.5. The molecule has 0 aromatic heterocycles. The molecular weight excluding hydrogens is 396 g/mol. The van der Waals surface area contributed by atoms with Crippen molar-refractivity contribution in [2.45, 2.75) is 32.9 Å². The quantitative estimate of drug-likeness (QED) is 0.665. The second-order valence-corrected chi connectivity index (χ2v) is 9.55. The topological polar surface area (TPSA) is 76.2 Å². The number of anilines is 1. The van der Waals surface area contributed by atoms with E-state index in [0.717, 1.165) is 11.1 Å². The highest BCUT2D eigenvalue weighted by molar-refractivity contribution is 6.23. The molecule has 6 rings (SSSR count). The first-order valence-corrected chi connectivity index (χ1v) is 10.5. The molecule has 0 spiro atoms. The minimum atomic E-state index is -0.650. The van der Waals surface area contributed by atoms with Gasteiger partial charge in [-0.25, -0.2) is 4.90 Å². The molecule has 3 amide bonds. The molecule has 4 heterocycles. The number of benzene rings is 2. The van der Waals surface area contributed by atoms with Gasteiger partial charge in [0.1, 0.15) is 0 Å². The van der Waals surface area contributed by atoms with Crippen LogP contribution in [0.5, 0.6) is 11.5 Å². The smallest absolute Gasteiger partial charge is 0.240 e. The molecule has 4 aliphatic rings. The van der Waals surface area contributed by atoms with Crippen molar-refractivity contribution in [1.29, 1.82) is 0 Å². The molecule has 2 aromatic rings. The minimum Gasteiger partial charge on any atom is -0.454 e. The van der Waals surface area contributed by atoms with Gasteiger partial charge >= 0.3 is 0 Å². The average Bonchev–Trinajstić information content (AvgIpc) is 3.47. The summed E-state index contributed by atoms with van der Waals surface area (Å²) in [7, 11) is 0. The van der Waals surface area contributed by atoms with E-state index < -0.39 is 29.3 Å². The monoisotopic (exact) mass is 418 g/mol. The summed E-state index contributed by atoms with van der Waals surface area (Å²) in [4.78, 5) is 43.7. The van der Waals surface area contributed by atoms with Gasteiger partial charge in [-0.15, -0.1) is 0 Å². The van der Waals surface area contributed by atoms with Crippen LogP contribution in [0.25, 0.3) is 0 Å². The van der Waals surface area contributed by atoms with Crippen molar-refractivity contribution in [3.05, 3.63) is 53.6 Å². The Balaban J connectivity index is 1.53. The third-order valence-electron chi connectivity index (χ3n) is 6.79. The molecule has 0 aliphatic carbocycles. The van der Waals surface area contributed by atoms with Crippen LogP contribution in [0.3, 0.4) is 0 Å². The SMILES string of the molecule is CC(C)(C)C(=O)N1[C@H]2c3ccc4c(c3[C@H]1[C@H]1C(=O)N(c3ccccc3)C(=O)[C@@H]12)OCO4. The maximum absolute atomic E-state index is 13.6. The number of ether oxygens (including phenoxy) is 2. The Morgan fingerprint density at radius 3 is 2.29 bits per heavy atom. The van der Waals surface area contributed by atoms with Crippen LogP contribution in [0.2, 0.25) is 0 Å². The van der Waals surface area contributed by atoms with Crippen molar-refractivity contribution in [3.8, 4) is 11.5 Å². The van der Waals surface area contributed by atoms with Crippen LogP contribution >= 0.6 is 0 Å².